The van der Waals surface area contributed by atoms with E-state index in [1.807, 2.05) is 0 Å². The third kappa shape index (κ3) is 2.33. The van der Waals surface area contributed by atoms with Crippen LogP contribution in [-0.2, 0) is 0 Å². The summed E-state index contributed by atoms with van der Waals surface area (Å²) in [7, 11) is 0. The predicted molar refractivity (Wildman–Crippen MR) is 76.9 cm³/mol. The molecule has 2 heteroatoms. The van der Waals surface area contributed by atoms with Crippen LogP contribution in [0.5, 0.6) is 0 Å². The Morgan fingerprint density at radius 3 is 2.00 bits per heavy atom. The van der Waals surface area contributed by atoms with Crippen LogP contribution < -0.4 is 0 Å². The molecule has 0 spiro atoms. The summed E-state index contributed by atoms with van der Waals surface area (Å²) in [6.45, 7) is 10.9. The largest absolute Gasteiger partial charge is 0.281 e. The van der Waals surface area contributed by atoms with E-state index in [0.29, 0.717) is 11.8 Å². The Morgan fingerprint density at radius 1 is 0.944 bits per heavy atom. The number of hydrogen-bond acceptors (Lipinski definition) is 1. The minimum atomic E-state index is 0.487. The third-order valence-electron chi connectivity index (χ3n) is 3.48. The van der Waals surface area contributed by atoms with Crippen molar-refractivity contribution in [2.24, 2.45) is 0 Å². The van der Waals surface area contributed by atoms with Crippen LogP contribution in [0.25, 0.3) is 11.3 Å². The molecule has 0 atom stereocenters. The number of H-pyrrole nitrogens is 1. The number of aromatic nitrogens is 2. The summed E-state index contributed by atoms with van der Waals surface area (Å²) in [6.07, 6.45) is 0. The quantitative estimate of drug-likeness (QED) is 0.835. The van der Waals surface area contributed by atoms with Crippen LogP contribution in [0.4, 0.5) is 0 Å². The fourth-order valence-corrected chi connectivity index (χ4v) is 2.28. The average molecular weight is 242 g/mol. The Balaban J connectivity index is 2.37. The van der Waals surface area contributed by atoms with Gasteiger partial charge in [0.05, 0.1) is 5.69 Å². The topological polar surface area (TPSA) is 28.7 Å². The van der Waals surface area contributed by atoms with Gasteiger partial charge in [-0.3, -0.25) is 5.10 Å². The van der Waals surface area contributed by atoms with Crippen molar-refractivity contribution in [2.45, 2.75) is 46.5 Å². The lowest BCUT2D eigenvalue weighted by Crippen LogP contribution is -1.90. The molecule has 1 N–H and O–H groups in total. The van der Waals surface area contributed by atoms with Crippen LogP contribution in [0.3, 0.4) is 0 Å². The number of hydrogen-bond donors (Lipinski definition) is 1. The first-order chi connectivity index (χ1) is 8.50. The fraction of sp³-hybridized carbons (Fsp3) is 0.438. The molecule has 0 saturated carbocycles. The molecule has 2 aromatic rings. The molecule has 0 aliphatic heterocycles. The second kappa shape index (κ2) is 4.97. The molecule has 2 rings (SSSR count). The SMILES string of the molecule is Cc1c(-c2ccc(C(C)C)cc2)n[nH]c1C(C)C. The van der Waals surface area contributed by atoms with Crippen molar-refractivity contribution in [2.75, 3.05) is 0 Å². The van der Waals surface area contributed by atoms with Crippen molar-refractivity contribution in [3.05, 3.63) is 41.1 Å². The smallest absolute Gasteiger partial charge is 0.0952 e. The van der Waals surface area contributed by atoms with Crippen LogP contribution in [0.15, 0.2) is 24.3 Å². The summed E-state index contributed by atoms with van der Waals surface area (Å²) in [5.74, 6) is 1.06. The highest BCUT2D eigenvalue weighted by Crippen LogP contribution is 2.28. The van der Waals surface area contributed by atoms with Crippen molar-refractivity contribution < 1.29 is 0 Å². The molecule has 2 nitrogen and oxygen atoms in total. The van der Waals surface area contributed by atoms with Crippen LogP contribution >= 0.6 is 0 Å². The van der Waals surface area contributed by atoms with Gasteiger partial charge in [0.1, 0.15) is 0 Å². The van der Waals surface area contributed by atoms with Crippen LogP contribution in [0, 0.1) is 6.92 Å². The molecule has 0 unspecified atom stereocenters. The standard InChI is InChI=1S/C16H22N2/c1-10(2)13-6-8-14(9-7-13)16-12(5)15(11(3)4)17-18-16/h6-11H,1-5H3,(H,17,18). The maximum absolute atomic E-state index is 4.46. The van der Waals surface area contributed by atoms with E-state index >= 15 is 0 Å². The molecule has 0 saturated heterocycles. The van der Waals surface area contributed by atoms with Gasteiger partial charge in [-0.1, -0.05) is 52.0 Å². The highest BCUT2D eigenvalue weighted by Gasteiger charge is 2.13. The van der Waals surface area contributed by atoms with Crippen molar-refractivity contribution in [1.82, 2.24) is 10.2 Å². The maximum atomic E-state index is 4.46. The van der Waals surface area contributed by atoms with Gasteiger partial charge in [-0.2, -0.15) is 5.10 Å². The highest BCUT2D eigenvalue weighted by molar-refractivity contribution is 5.64. The molecule has 18 heavy (non-hydrogen) atoms. The van der Waals surface area contributed by atoms with E-state index in [0.717, 1.165) is 5.69 Å². The Labute approximate surface area is 109 Å². The van der Waals surface area contributed by atoms with Crippen molar-refractivity contribution >= 4 is 0 Å². The first kappa shape index (κ1) is 12.9. The predicted octanol–water partition coefficient (Wildman–Crippen LogP) is 4.63. The summed E-state index contributed by atoms with van der Waals surface area (Å²) < 4.78 is 0. The minimum Gasteiger partial charge on any atom is -0.281 e. The molecule has 0 aliphatic carbocycles. The maximum Gasteiger partial charge on any atom is 0.0952 e. The van der Waals surface area contributed by atoms with Gasteiger partial charge in [0.15, 0.2) is 0 Å². The van der Waals surface area contributed by atoms with Crippen molar-refractivity contribution in [3.63, 3.8) is 0 Å². The number of aromatic amines is 1. The Hall–Kier alpha value is -1.57. The number of nitrogens with zero attached hydrogens (tertiary/aromatic N) is 1. The van der Waals surface area contributed by atoms with E-state index < -0.39 is 0 Å². The molecular formula is C16H22N2. The zero-order chi connectivity index (χ0) is 13.3. The highest BCUT2D eigenvalue weighted by atomic mass is 15.1. The second-order valence-electron chi connectivity index (χ2n) is 5.54. The lowest BCUT2D eigenvalue weighted by molar-refractivity contribution is 0.804. The molecule has 1 heterocycles. The van der Waals surface area contributed by atoms with Gasteiger partial charge in [0.25, 0.3) is 0 Å². The summed E-state index contributed by atoms with van der Waals surface area (Å²) in [5.41, 5.74) is 6.14. The minimum absolute atomic E-state index is 0.487. The van der Waals surface area contributed by atoms with E-state index in [-0.39, 0.29) is 0 Å². The Bertz CT molecular complexity index is 519. The van der Waals surface area contributed by atoms with Gasteiger partial charge in [-0.25, -0.2) is 0 Å². The van der Waals surface area contributed by atoms with E-state index in [2.05, 4.69) is 69.1 Å². The molecule has 0 radical (unpaired) electrons. The van der Waals surface area contributed by atoms with E-state index in [9.17, 15) is 0 Å². The summed E-state index contributed by atoms with van der Waals surface area (Å²) >= 11 is 0. The number of benzene rings is 1. The third-order valence-corrected chi connectivity index (χ3v) is 3.48. The van der Waals surface area contributed by atoms with Gasteiger partial charge < -0.3 is 0 Å². The van der Waals surface area contributed by atoms with Crippen LogP contribution in [0.2, 0.25) is 0 Å². The van der Waals surface area contributed by atoms with Gasteiger partial charge in [0.2, 0.25) is 0 Å². The van der Waals surface area contributed by atoms with Gasteiger partial charge >= 0.3 is 0 Å². The van der Waals surface area contributed by atoms with Crippen molar-refractivity contribution in [3.8, 4) is 11.3 Å². The molecule has 0 aliphatic rings. The zero-order valence-corrected chi connectivity index (χ0v) is 11.9. The van der Waals surface area contributed by atoms with Gasteiger partial charge in [0, 0.05) is 11.3 Å². The van der Waals surface area contributed by atoms with Crippen LogP contribution in [0.1, 0.15) is 56.4 Å². The molecular weight excluding hydrogens is 220 g/mol. The average Bonchev–Trinajstić information content (AvgIpc) is 2.71. The molecule has 0 bridgehead atoms. The molecule has 0 fully saturated rings. The molecule has 0 amide bonds. The number of rotatable bonds is 3. The van der Waals surface area contributed by atoms with E-state index in [1.54, 1.807) is 0 Å². The lowest BCUT2D eigenvalue weighted by Gasteiger charge is -2.06. The fourth-order valence-electron chi connectivity index (χ4n) is 2.28. The molecule has 1 aromatic carbocycles. The first-order valence-electron chi connectivity index (χ1n) is 6.66. The number of nitrogens with one attached hydrogen (secondary N) is 1. The normalized spacial score (nSPS) is 11.5. The summed E-state index contributed by atoms with van der Waals surface area (Å²) in [5, 5.41) is 7.62. The Kier molecular flexibility index (Phi) is 3.55. The molecule has 96 valence electrons. The van der Waals surface area contributed by atoms with Crippen LogP contribution in [-0.4, -0.2) is 10.2 Å². The summed E-state index contributed by atoms with van der Waals surface area (Å²) in [6, 6.07) is 8.73. The monoisotopic (exact) mass is 242 g/mol. The molecule has 1 aromatic heterocycles. The zero-order valence-electron chi connectivity index (χ0n) is 11.9. The summed E-state index contributed by atoms with van der Waals surface area (Å²) in [4.78, 5) is 0. The second-order valence-corrected chi connectivity index (χ2v) is 5.54. The first-order valence-corrected chi connectivity index (χ1v) is 6.66. The van der Waals surface area contributed by atoms with Crippen molar-refractivity contribution in [1.29, 1.82) is 0 Å². The van der Waals surface area contributed by atoms with E-state index in [4.69, 9.17) is 0 Å². The lowest BCUT2D eigenvalue weighted by atomic mass is 9.98. The van der Waals surface area contributed by atoms with Gasteiger partial charge in [-0.05, 0) is 29.9 Å². The Morgan fingerprint density at radius 2 is 1.56 bits per heavy atom. The van der Waals surface area contributed by atoms with E-state index in [1.165, 1.54) is 22.4 Å². The van der Waals surface area contributed by atoms with Gasteiger partial charge in [-0.15, -0.1) is 0 Å².